The van der Waals surface area contributed by atoms with Gasteiger partial charge in [0.2, 0.25) is 0 Å². The first-order valence-electron chi connectivity index (χ1n) is 6.77. The standard InChI is InChI=1S/C17H16Cl2O3/c1-10-3-5-13(7-11(10)2)22-16(17(20)21)9-12-4-6-14(18)15(19)8-12/h3-8,16H,9H2,1-2H3,(H,20,21)/t16-/m1/s1. The summed E-state index contributed by atoms with van der Waals surface area (Å²) in [6.45, 7) is 3.94. The van der Waals surface area contributed by atoms with E-state index in [2.05, 4.69) is 0 Å². The summed E-state index contributed by atoms with van der Waals surface area (Å²) in [7, 11) is 0. The molecule has 116 valence electrons. The number of hydrogen-bond acceptors (Lipinski definition) is 2. The zero-order chi connectivity index (χ0) is 16.3. The summed E-state index contributed by atoms with van der Waals surface area (Å²) in [4.78, 5) is 11.4. The number of carboxylic acid groups (broad SMARTS) is 1. The third-order valence-corrected chi connectivity index (χ3v) is 4.18. The van der Waals surface area contributed by atoms with Gasteiger partial charge in [-0.05, 0) is 54.8 Å². The zero-order valence-electron chi connectivity index (χ0n) is 12.3. The molecule has 3 nitrogen and oxygen atoms in total. The molecule has 22 heavy (non-hydrogen) atoms. The molecule has 2 aromatic rings. The van der Waals surface area contributed by atoms with E-state index in [1.807, 2.05) is 26.0 Å². The van der Waals surface area contributed by atoms with Gasteiger partial charge in [0.15, 0.2) is 6.10 Å². The fourth-order valence-corrected chi connectivity index (χ4v) is 2.33. The lowest BCUT2D eigenvalue weighted by molar-refractivity contribution is -0.145. The molecule has 2 aromatic carbocycles. The van der Waals surface area contributed by atoms with Crippen molar-refractivity contribution in [2.24, 2.45) is 0 Å². The third kappa shape index (κ3) is 4.15. The normalized spacial score (nSPS) is 12.0. The van der Waals surface area contributed by atoms with Crippen LogP contribution in [0.5, 0.6) is 5.75 Å². The predicted octanol–water partition coefficient (Wildman–Crippen LogP) is 4.68. The van der Waals surface area contributed by atoms with E-state index < -0.39 is 12.1 Å². The number of rotatable bonds is 5. The van der Waals surface area contributed by atoms with Gasteiger partial charge in [-0.3, -0.25) is 0 Å². The van der Waals surface area contributed by atoms with Crippen molar-refractivity contribution in [1.82, 2.24) is 0 Å². The Morgan fingerprint density at radius 1 is 1.09 bits per heavy atom. The number of halogens is 2. The van der Waals surface area contributed by atoms with E-state index in [0.29, 0.717) is 15.8 Å². The Morgan fingerprint density at radius 3 is 2.41 bits per heavy atom. The number of carboxylic acids is 1. The topological polar surface area (TPSA) is 46.5 Å². The van der Waals surface area contributed by atoms with E-state index in [9.17, 15) is 9.90 Å². The second-order valence-electron chi connectivity index (χ2n) is 5.14. The smallest absolute Gasteiger partial charge is 0.345 e. The molecule has 0 saturated carbocycles. The summed E-state index contributed by atoms with van der Waals surface area (Å²) >= 11 is 11.8. The molecule has 2 rings (SSSR count). The zero-order valence-corrected chi connectivity index (χ0v) is 13.8. The summed E-state index contributed by atoms with van der Waals surface area (Å²) in [6.07, 6.45) is -0.779. The van der Waals surface area contributed by atoms with Gasteiger partial charge in [-0.2, -0.15) is 0 Å². The summed E-state index contributed by atoms with van der Waals surface area (Å²) < 4.78 is 5.61. The Balaban J connectivity index is 2.17. The van der Waals surface area contributed by atoms with Gasteiger partial charge >= 0.3 is 5.97 Å². The van der Waals surface area contributed by atoms with Crippen molar-refractivity contribution in [2.75, 3.05) is 0 Å². The molecule has 5 heteroatoms. The second kappa shape index (κ2) is 7.03. The summed E-state index contributed by atoms with van der Waals surface area (Å²) in [5.41, 5.74) is 2.94. The van der Waals surface area contributed by atoms with Crippen LogP contribution < -0.4 is 4.74 Å². The fourth-order valence-electron chi connectivity index (χ4n) is 2.01. The third-order valence-electron chi connectivity index (χ3n) is 3.44. The van der Waals surface area contributed by atoms with E-state index in [1.54, 1.807) is 24.3 Å². The molecular formula is C17H16Cl2O3. The molecule has 0 spiro atoms. The lowest BCUT2D eigenvalue weighted by atomic mass is 10.1. The van der Waals surface area contributed by atoms with Gasteiger partial charge in [-0.15, -0.1) is 0 Å². The Labute approximate surface area is 139 Å². The average Bonchev–Trinajstić information content (AvgIpc) is 2.46. The maximum Gasteiger partial charge on any atom is 0.345 e. The minimum Gasteiger partial charge on any atom is -0.478 e. The molecule has 0 radical (unpaired) electrons. The maximum atomic E-state index is 11.4. The number of benzene rings is 2. The van der Waals surface area contributed by atoms with Gasteiger partial charge in [0.1, 0.15) is 5.75 Å². The van der Waals surface area contributed by atoms with Crippen molar-refractivity contribution in [3.05, 3.63) is 63.1 Å². The van der Waals surface area contributed by atoms with E-state index >= 15 is 0 Å². The van der Waals surface area contributed by atoms with Crippen LogP contribution in [0.15, 0.2) is 36.4 Å². The van der Waals surface area contributed by atoms with Crippen LogP contribution >= 0.6 is 23.2 Å². The van der Waals surface area contributed by atoms with Crippen molar-refractivity contribution in [3.8, 4) is 5.75 Å². The first-order valence-corrected chi connectivity index (χ1v) is 7.53. The van der Waals surface area contributed by atoms with Crippen molar-refractivity contribution in [3.63, 3.8) is 0 Å². The molecule has 1 atom stereocenters. The minimum absolute atomic E-state index is 0.207. The van der Waals surface area contributed by atoms with Crippen molar-refractivity contribution < 1.29 is 14.6 Å². The van der Waals surface area contributed by atoms with Gasteiger partial charge in [0.05, 0.1) is 10.0 Å². The Morgan fingerprint density at radius 2 is 1.82 bits per heavy atom. The predicted molar refractivity (Wildman–Crippen MR) is 88.1 cm³/mol. The Kier molecular flexibility index (Phi) is 5.33. The summed E-state index contributed by atoms with van der Waals surface area (Å²) in [6, 6.07) is 10.6. The second-order valence-corrected chi connectivity index (χ2v) is 5.96. The van der Waals surface area contributed by atoms with Crippen LogP contribution in [-0.2, 0) is 11.2 Å². The number of aryl methyl sites for hydroxylation is 2. The Hall–Kier alpha value is -1.71. The molecule has 1 N–H and O–H groups in total. The van der Waals surface area contributed by atoms with Crippen molar-refractivity contribution in [2.45, 2.75) is 26.4 Å². The quantitative estimate of drug-likeness (QED) is 0.860. The Bertz CT molecular complexity index is 645. The van der Waals surface area contributed by atoms with Crippen LogP contribution in [0.4, 0.5) is 0 Å². The molecular weight excluding hydrogens is 323 g/mol. The van der Waals surface area contributed by atoms with Crippen LogP contribution in [0.25, 0.3) is 0 Å². The van der Waals surface area contributed by atoms with Gasteiger partial charge in [0.25, 0.3) is 0 Å². The SMILES string of the molecule is Cc1ccc(O[C@H](Cc2ccc(Cl)c(Cl)c2)C(=O)O)cc1C. The summed E-state index contributed by atoms with van der Waals surface area (Å²) in [5.74, 6) is -0.486. The number of hydrogen-bond donors (Lipinski definition) is 1. The molecule has 0 aromatic heterocycles. The lowest BCUT2D eigenvalue weighted by Gasteiger charge is -2.16. The highest BCUT2D eigenvalue weighted by molar-refractivity contribution is 6.42. The minimum atomic E-state index is -1.02. The van der Waals surface area contributed by atoms with Gasteiger partial charge in [0, 0.05) is 6.42 Å². The van der Waals surface area contributed by atoms with Gasteiger partial charge < -0.3 is 9.84 Å². The molecule has 0 amide bonds. The van der Waals surface area contributed by atoms with Crippen LogP contribution in [0.3, 0.4) is 0 Å². The molecule has 0 bridgehead atoms. The van der Waals surface area contributed by atoms with Crippen LogP contribution in [0.1, 0.15) is 16.7 Å². The average molecular weight is 339 g/mol. The molecule has 0 heterocycles. The van der Waals surface area contributed by atoms with Crippen molar-refractivity contribution in [1.29, 1.82) is 0 Å². The molecule has 0 aliphatic rings. The number of aliphatic carboxylic acids is 1. The monoisotopic (exact) mass is 338 g/mol. The first kappa shape index (κ1) is 16.7. The largest absolute Gasteiger partial charge is 0.478 e. The fraction of sp³-hybridized carbons (Fsp3) is 0.235. The van der Waals surface area contributed by atoms with E-state index in [1.165, 1.54) is 0 Å². The van der Waals surface area contributed by atoms with Gasteiger partial charge in [-0.25, -0.2) is 4.79 Å². The molecule has 0 saturated heterocycles. The highest BCUT2D eigenvalue weighted by atomic mass is 35.5. The van der Waals surface area contributed by atoms with E-state index in [-0.39, 0.29) is 6.42 Å². The van der Waals surface area contributed by atoms with Crippen molar-refractivity contribution >= 4 is 29.2 Å². The molecule has 0 fully saturated rings. The molecule has 0 aliphatic carbocycles. The highest BCUT2D eigenvalue weighted by Crippen LogP contribution is 2.24. The number of carbonyl (C=O) groups is 1. The summed E-state index contributed by atoms with van der Waals surface area (Å²) in [5, 5.41) is 10.2. The lowest BCUT2D eigenvalue weighted by Crippen LogP contribution is -2.29. The number of ether oxygens (including phenoxy) is 1. The van der Waals surface area contributed by atoms with Crippen LogP contribution in [0, 0.1) is 13.8 Å². The molecule has 0 aliphatic heterocycles. The van der Waals surface area contributed by atoms with Crippen LogP contribution in [-0.4, -0.2) is 17.2 Å². The highest BCUT2D eigenvalue weighted by Gasteiger charge is 2.20. The van der Waals surface area contributed by atoms with Gasteiger partial charge in [-0.1, -0.05) is 35.3 Å². The first-order chi connectivity index (χ1) is 10.4. The maximum absolute atomic E-state index is 11.4. The van der Waals surface area contributed by atoms with Crippen LogP contribution in [0.2, 0.25) is 10.0 Å². The van der Waals surface area contributed by atoms with E-state index in [4.69, 9.17) is 27.9 Å². The van der Waals surface area contributed by atoms with E-state index in [0.717, 1.165) is 16.7 Å². The molecule has 0 unspecified atom stereocenters.